The maximum Gasteiger partial charge on any atom is 0.117 e. The number of aromatic nitrogens is 2. The summed E-state index contributed by atoms with van der Waals surface area (Å²) < 4.78 is 2.04. The van der Waals surface area contributed by atoms with Gasteiger partial charge in [-0.25, -0.2) is 9.97 Å². The van der Waals surface area contributed by atoms with Gasteiger partial charge >= 0.3 is 0 Å². The first-order valence-corrected chi connectivity index (χ1v) is 5.20. The predicted octanol–water partition coefficient (Wildman–Crippen LogP) is 3.00. The first-order valence-electron chi connectivity index (χ1n) is 3.33. The van der Waals surface area contributed by atoms with E-state index < -0.39 is 0 Å². The Bertz CT molecular complexity index is 430. The quantitative estimate of drug-likeness (QED) is 0.547. The van der Waals surface area contributed by atoms with Crippen molar-refractivity contribution in [3.05, 3.63) is 32.7 Å². The van der Waals surface area contributed by atoms with Crippen LogP contribution in [-0.2, 0) is 0 Å². The van der Waals surface area contributed by atoms with E-state index in [0.29, 0.717) is 0 Å². The van der Waals surface area contributed by atoms with Crippen molar-refractivity contribution in [1.82, 2.24) is 9.97 Å². The van der Waals surface area contributed by atoms with Gasteiger partial charge in [-0.2, -0.15) is 0 Å². The highest BCUT2D eigenvalue weighted by Gasteiger charge is 1.99. The number of nitrogens with zero attached hydrogens (tertiary/aromatic N) is 2. The van der Waals surface area contributed by atoms with Crippen LogP contribution in [0, 0.1) is 3.70 Å². The number of rotatable bonds is 0. The summed E-state index contributed by atoms with van der Waals surface area (Å²) in [7, 11) is 0. The zero-order valence-corrected chi connectivity index (χ0v) is 9.70. The van der Waals surface area contributed by atoms with Crippen molar-refractivity contribution in [1.29, 1.82) is 0 Å². The lowest BCUT2D eigenvalue weighted by Crippen LogP contribution is -1.85. The standard InChI is InChI=1S/C8H4BrIN2/c9-5-1-2-7-6(3-5)8(10)12-4-11-7/h1-4H. The SMILES string of the molecule is Brc1ccc2ncnc(I)c2c1. The number of fused-ring (bicyclic) bond motifs is 1. The van der Waals surface area contributed by atoms with Gasteiger partial charge in [0.05, 0.1) is 5.52 Å². The molecule has 0 bridgehead atoms. The monoisotopic (exact) mass is 334 g/mol. The van der Waals surface area contributed by atoms with Gasteiger partial charge in [0, 0.05) is 9.86 Å². The smallest absolute Gasteiger partial charge is 0.117 e. The molecule has 2 rings (SSSR count). The summed E-state index contributed by atoms with van der Waals surface area (Å²) in [5.74, 6) is 0. The summed E-state index contributed by atoms with van der Waals surface area (Å²) in [4.78, 5) is 8.25. The second kappa shape index (κ2) is 3.26. The molecule has 1 heterocycles. The Morgan fingerprint density at radius 1 is 1.25 bits per heavy atom. The molecule has 0 aliphatic heterocycles. The average Bonchev–Trinajstić information content (AvgIpc) is 2.07. The molecule has 0 saturated carbocycles. The summed E-state index contributed by atoms with van der Waals surface area (Å²) in [6, 6.07) is 5.98. The second-order valence-corrected chi connectivity index (χ2v) is 4.26. The highest BCUT2D eigenvalue weighted by molar-refractivity contribution is 14.1. The van der Waals surface area contributed by atoms with E-state index in [1.807, 2.05) is 18.2 Å². The predicted molar refractivity (Wildman–Crippen MR) is 60.0 cm³/mol. The van der Waals surface area contributed by atoms with Crippen LogP contribution < -0.4 is 0 Å². The fourth-order valence-corrected chi connectivity index (χ4v) is 1.92. The van der Waals surface area contributed by atoms with Crippen molar-refractivity contribution in [3.63, 3.8) is 0 Å². The van der Waals surface area contributed by atoms with Crippen LogP contribution in [0.4, 0.5) is 0 Å². The molecule has 2 nitrogen and oxygen atoms in total. The molecule has 0 spiro atoms. The number of hydrogen-bond donors (Lipinski definition) is 0. The Balaban J connectivity index is 2.88. The largest absolute Gasteiger partial charge is 0.236 e. The first-order chi connectivity index (χ1) is 5.77. The highest BCUT2D eigenvalue weighted by Crippen LogP contribution is 2.20. The van der Waals surface area contributed by atoms with E-state index in [1.54, 1.807) is 6.33 Å². The van der Waals surface area contributed by atoms with Gasteiger partial charge in [-0.15, -0.1) is 0 Å². The van der Waals surface area contributed by atoms with Crippen LogP contribution in [0.15, 0.2) is 29.0 Å². The third kappa shape index (κ3) is 1.45. The van der Waals surface area contributed by atoms with Crippen LogP contribution in [-0.4, -0.2) is 9.97 Å². The van der Waals surface area contributed by atoms with Crippen molar-refractivity contribution < 1.29 is 0 Å². The zero-order chi connectivity index (χ0) is 8.55. The zero-order valence-electron chi connectivity index (χ0n) is 5.96. The molecular formula is C8H4BrIN2. The molecular weight excluding hydrogens is 331 g/mol. The van der Waals surface area contributed by atoms with Crippen molar-refractivity contribution in [2.45, 2.75) is 0 Å². The number of halogens is 2. The van der Waals surface area contributed by atoms with Gasteiger partial charge in [0.25, 0.3) is 0 Å². The van der Waals surface area contributed by atoms with Gasteiger partial charge in [0.15, 0.2) is 0 Å². The van der Waals surface area contributed by atoms with Crippen molar-refractivity contribution in [2.75, 3.05) is 0 Å². The van der Waals surface area contributed by atoms with Crippen LogP contribution in [0.2, 0.25) is 0 Å². The van der Waals surface area contributed by atoms with Gasteiger partial charge in [0.2, 0.25) is 0 Å². The number of benzene rings is 1. The molecule has 0 N–H and O–H groups in total. The third-order valence-corrected chi connectivity index (χ3v) is 2.90. The molecule has 0 saturated heterocycles. The van der Waals surface area contributed by atoms with E-state index >= 15 is 0 Å². The first kappa shape index (κ1) is 8.37. The van der Waals surface area contributed by atoms with Crippen LogP contribution in [0.1, 0.15) is 0 Å². The minimum absolute atomic E-state index is 0.984. The molecule has 4 heteroatoms. The van der Waals surface area contributed by atoms with Gasteiger partial charge in [-0.1, -0.05) is 15.9 Å². The van der Waals surface area contributed by atoms with Crippen LogP contribution in [0.5, 0.6) is 0 Å². The van der Waals surface area contributed by atoms with E-state index in [-0.39, 0.29) is 0 Å². The molecule has 60 valence electrons. The Labute approximate surface area is 91.7 Å². The molecule has 0 fully saturated rings. The van der Waals surface area contributed by atoms with E-state index in [0.717, 1.165) is 19.1 Å². The van der Waals surface area contributed by atoms with Crippen molar-refractivity contribution >= 4 is 49.4 Å². The fourth-order valence-electron chi connectivity index (χ4n) is 0.997. The van der Waals surface area contributed by atoms with Crippen LogP contribution in [0.3, 0.4) is 0 Å². The lowest BCUT2D eigenvalue weighted by molar-refractivity contribution is 1.19. The second-order valence-electron chi connectivity index (χ2n) is 2.33. The topological polar surface area (TPSA) is 25.8 Å². The van der Waals surface area contributed by atoms with Gasteiger partial charge in [-0.05, 0) is 40.8 Å². The Morgan fingerprint density at radius 3 is 2.92 bits per heavy atom. The average molecular weight is 335 g/mol. The highest BCUT2D eigenvalue weighted by atomic mass is 127. The van der Waals surface area contributed by atoms with Crippen molar-refractivity contribution in [2.24, 2.45) is 0 Å². The molecule has 1 aromatic carbocycles. The summed E-state index contributed by atoms with van der Waals surface area (Å²) in [6.07, 6.45) is 1.58. The van der Waals surface area contributed by atoms with Crippen LogP contribution in [0.25, 0.3) is 10.9 Å². The Morgan fingerprint density at radius 2 is 2.08 bits per heavy atom. The molecule has 12 heavy (non-hydrogen) atoms. The summed E-state index contributed by atoms with van der Waals surface area (Å²) in [6.45, 7) is 0. The molecule has 1 aromatic heterocycles. The molecule has 0 aliphatic carbocycles. The Hall–Kier alpha value is -0.230. The van der Waals surface area contributed by atoms with Gasteiger partial charge in [0.1, 0.15) is 10.0 Å². The fraction of sp³-hybridized carbons (Fsp3) is 0. The normalized spacial score (nSPS) is 10.5. The van der Waals surface area contributed by atoms with E-state index in [4.69, 9.17) is 0 Å². The lowest BCUT2D eigenvalue weighted by atomic mass is 10.2. The van der Waals surface area contributed by atoms with E-state index in [9.17, 15) is 0 Å². The Kier molecular flexibility index (Phi) is 2.27. The number of hydrogen-bond acceptors (Lipinski definition) is 2. The molecule has 2 aromatic rings. The lowest BCUT2D eigenvalue weighted by Gasteiger charge is -1.98. The summed E-state index contributed by atoms with van der Waals surface area (Å²) in [5, 5.41) is 1.09. The minimum atomic E-state index is 0.984. The van der Waals surface area contributed by atoms with Gasteiger partial charge < -0.3 is 0 Å². The van der Waals surface area contributed by atoms with E-state index in [2.05, 4.69) is 48.5 Å². The molecule has 0 aliphatic rings. The molecule has 0 amide bonds. The third-order valence-electron chi connectivity index (χ3n) is 1.55. The maximum atomic E-state index is 4.15. The molecule has 0 atom stereocenters. The minimum Gasteiger partial charge on any atom is -0.236 e. The van der Waals surface area contributed by atoms with Crippen LogP contribution >= 0.6 is 38.5 Å². The summed E-state index contributed by atoms with van der Waals surface area (Å²) in [5.41, 5.74) is 0.984. The van der Waals surface area contributed by atoms with Crippen molar-refractivity contribution in [3.8, 4) is 0 Å². The summed E-state index contributed by atoms with van der Waals surface area (Å²) >= 11 is 5.61. The molecule has 0 unspecified atom stereocenters. The molecule has 0 radical (unpaired) electrons. The van der Waals surface area contributed by atoms with E-state index in [1.165, 1.54) is 0 Å². The van der Waals surface area contributed by atoms with Gasteiger partial charge in [-0.3, -0.25) is 0 Å². The maximum absolute atomic E-state index is 4.15.